The highest BCUT2D eigenvalue weighted by atomic mass is 16.1. The van der Waals surface area contributed by atoms with Crippen molar-refractivity contribution in [3.63, 3.8) is 0 Å². The van der Waals surface area contributed by atoms with Crippen LogP contribution >= 0.6 is 0 Å². The summed E-state index contributed by atoms with van der Waals surface area (Å²) in [6.45, 7) is 0. The molecule has 0 aliphatic carbocycles. The van der Waals surface area contributed by atoms with Crippen molar-refractivity contribution in [2.24, 2.45) is 0 Å². The molecule has 0 aliphatic heterocycles. The predicted octanol–water partition coefficient (Wildman–Crippen LogP) is 3.37. The van der Waals surface area contributed by atoms with Crippen LogP contribution in [0, 0.1) is 0 Å². The summed E-state index contributed by atoms with van der Waals surface area (Å²) in [6, 6.07) is 10.2. The lowest BCUT2D eigenvalue weighted by Crippen LogP contribution is -1.76. The molecule has 0 spiro atoms. The van der Waals surface area contributed by atoms with Crippen molar-refractivity contribution in [3.8, 4) is 0 Å². The molecule has 0 amide bonds. The fourth-order valence-electron chi connectivity index (χ4n) is 1.24. The molecule has 0 unspecified atom stereocenters. The van der Waals surface area contributed by atoms with Crippen molar-refractivity contribution < 1.29 is 4.79 Å². The van der Waals surface area contributed by atoms with Gasteiger partial charge in [0.2, 0.25) is 0 Å². The summed E-state index contributed by atoms with van der Waals surface area (Å²) < 4.78 is 0. The Morgan fingerprint density at radius 2 is 1.93 bits per heavy atom. The van der Waals surface area contributed by atoms with Gasteiger partial charge in [0.1, 0.15) is 0 Å². The number of hydrogen-bond acceptors (Lipinski definition) is 1. The minimum atomic E-state index is 0.569. The van der Waals surface area contributed by atoms with Crippen molar-refractivity contribution in [1.29, 1.82) is 0 Å². The molecule has 1 aromatic carbocycles. The SMILES string of the molecule is O=[C]CCCCC=Cc1ccccc1. The molecule has 73 valence electrons. The first-order valence-corrected chi connectivity index (χ1v) is 5.00. The number of allylic oxidation sites excluding steroid dienone is 1. The zero-order valence-corrected chi connectivity index (χ0v) is 8.28. The van der Waals surface area contributed by atoms with Crippen LogP contribution in [0.3, 0.4) is 0 Å². The van der Waals surface area contributed by atoms with Gasteiger partial charge in [0, 0.05) is 6.42 Å². The fraction of sp³-hybridized carbons (Fsp3) is 0.308. The van der Waals surface area contributed by atoms with Gasteiger partial charge in [-0.25, -0.2) is 0 Å². The monoisotopic (exact) mass is 187 g/mol. The van der Waals surface area contributed by atoms with Crippen LogP contribution in [0.1, 0.15) is 31.2 Å². The molecule has 0 heterocycles. The van der Waals surface area contributed by atoms with Crippen LogP contribution in [0.4, 0.5) is 0 Å². The minimum absolute atomic E-state index is 0.569. The second-order valence-electron chi connectivity index (χ2n) is 3.20. The van der Waals surface area contributed by atoms with Crippen LogP contribution in [0.5, 0.6) is 0 Å². The topological polar surface area (TPSA) is 17.1 Å². The number of carbonyl (C=O) groups excluding carboxylic acids is 1. The van der Waals surface area contributed by atoms with Crippen LogP contribution in [0.15, 0.2) is 36.4 Å². The normalized spacial score (nSPS) is 10.6. The Morgan fingerprint density at radius 1 is 1.14 bits per heavy atom. The van der Waals surface area contributed by atoms with E-state index in [0.717, 1.165) is 19.3 Å². The van der Waals surface area contributed by atoms with Crippen LogP contribution in [0.2, 0.25) is 0 Å². The van der Waals surface area contributed by atoms with Gasteiger partial charge in [-0.2, -0.15) is 0 Å². The summed E-state index contributed by atoms with van der Waals surface area (Å²) >= 11 is 0. The van der Waals surface area contributed by atoms with E-state index in [-0.39, 0.29) is 0 Å². The van der Waals surface area contributed by atoms with E-state index >= 15 is 0 Å². The van der Waals surface area contributed by atoms with E-state index in [1.165, 1.54) is 5.56 Å². The lowest BCUT2D eigenvalue weighted by atomic mass is 10.1. The zero-order chi connectivity index (χ0) is 10.1. The number of unbranched alkanes of at least 4 members (excludes halogenated alkanes) is 3. The molecule has 0 N–H and O–H groups in total. The third kappa shape index (κ3) is 4.61. The summed E-state index contributed by atoms with van der Waals surface area (Å²) in [6.07, 6.45) is 9.79. The maximum Gasteiger partial charge on any atom is 0.198 e. The fourth-order valence-corrected chi connectivity index (χ4v) is 1.24. The predicted molar refractivity (Wildman–Crippen MR) is 59.6 cm³/mol. The van der Waals surface area contributed by atoms with E-state index in [2.05, 4.69) is 24.3 Å². The zero-order valence-electron chi connectivity index (χ0n) is 8.28. The average Bonchev–Trinajstić information content (AvgIpc) is 2.25. The first-order valence-electron chi connectivity index (χ1n) is 5.00. The highest BCUT2D eigenvalue weighted by Crippen LogP contribution is 2.04. The number of hydrogen-bond donors (Lipinski definition) is 0. The standard InChI is InChI=1S/C13H15O/c14-12-8-3-1-2-5-9-13-10-6-4-7-11-13/h4-7,9-11H,1-3,8H2. The quantitative estimate of drug-likeness (QED) is 0.624. The summed E-state index contributed by atoms with van der Waals surface area (Å²) in [5.41, 5.74) is 1.23. The van der Waals surface area contributed by atoms with Gasteiger partial charge in [-0.1, -0.05) is 42.5 Å². The molecule has 0 fully saturated rings. The summed E-state index contributed by atoms with van der Waals surface area (Å²) in [4.78, 5) is 9.92. The highest BCUT2D eigenvalue weighted by Gasteiger charge is 1.86. The van der Waals surface area contributed by atoms with Gasteiger partial charge in [-0.3, -0.25) is 4.79 Å². The van der Waals surface area contributed by atoms with E-state index in [1.54, 1.807) is 0 Å². The molecule has 0 aromatic heterocycles. The molecule has 0 saturated heterocycles. The Balaban J connectivity index is 2.18. The van der Waals surface area contributed by atoms with Crippen molar-refractivity contribution in [2.75, 3.05) is 0 Å². The Bertz CT molecular complexity index is 275. The molecule has 0 atom stereocenters. The Morgan fingerprint density at radius 3 is 2.64 bits per heavy atom. The summed E-state index contributed by atoms with van der Waals surface area (Å²) in [5, 5.41) is 0. The largest absolute Gasteiger partial charge is 0.291 e. The smallest absolute Gasteiger partial charge is 0.198 e. The average molecular weight is 187 g/mol. The van der Waals surface area contributed by atoms with Crippen LogP contribution in [0.25, 0.3) is 6.08 Å². The summed E-state index contributed by atoms with van der Waals surface area (Å²) in [5.74, 6) is 0. The molecular formula is C13H15O. The van der Waals surface area contributed by atoms with E-state index in [9.17, 15) is 4.79 Å². The maximum absolute atomic E-state index is 9.92. The third-order valence-electron chi connectivity index (χ3n) is 2.01. The van der Waals surface area contributed by atoms with E-state index in [4.69, 9.17) is 0 Å². The Kier molecular flexibility index (Phi) is 5.41. The second-order valence-corrected chi connectivity index (χ2v) is 3.20. The van der Waals surface area contributed by atoms with Crippen molar-refractivity contribution in [3.05, 3.63) is 42.0 Å². The Hall–Kier alpha value is -1.37. The minimum Gasteiger partial charge on any atom is -0.291 e. The second kappa shape index (κ2) is 7.07. The Labute approximate surface area is 85.5 Å². The third-order valence-corrected chi connectivity index (χ3v) is 2.01. The molecule has 0 saturated carbocycles. The van der Waals surface area contributed by atoms with E-state index in [1.807, 2.05) is 24.5 Å². The lowest BCUT2D eigenvalue weighted by molar-refractivity contribution is 0.547. The molecule has 1 nitrogen and oxygen atoms in total. The van der Waals surface area contributed by atoms with Gasteiger partial charge in [0.15, 0.2) is 6.29 Å². The molecular weight excluding hydrogens is 172 g/mol. The molecule has 0 bridgehead atoms. The summed E-state index contributed by atoms with van der Waals surface area (Å²) in [7, 11) is 0. The first-order chi connectivity index (χ1) is 6.93. The van der Waals surface area contributed by atoms with Crippen LogP contribution < -0.4 is 0 Å². The molecule has 1 radical (unpaired) electrons. The number of benzene rings is 1. The highest BCUT2D eigenvalue weighted by molar-refractivity contribution is 5.50. The molecule has 1 rings (SSSR count). The van der Waals surface area contributed by atoms with E-state index < -0.39 is 0 Å². The molecule has 1 aromatic rings. The number of rotatable bonds is 6. The van der Waals surface area contributed by atoms with Crippen molar-refractivity contribution >= 4 is 12.4 Å². The van der Waals surface area contributed by atoms with Gasteiger partial charge in [-0.05, 0) is 24.8 Å². The van der Waals surface area contributed by atoms with Gasteiger partial charge in [-0.15, -0.1) is 0 Å². The van der Waals surface area contributed by atoms with Crippen LogP contribution in [-0.4, -0.2) is 6.29 Å². The maximum atomic E-state index is 9.92. The van der Waals surface area contributed by atoms with Crippen molar-refractivity contribution in [2.45, 2.75) is 25.7 Å². The van der Waals surface area contributed by atoms with Crippen LogP contribution in [-0.2, 0) is 4.79 Å². The lowest BCUT2D eigenvalue weighted by Gasteiger charge is -1.92. The molecule has 0 aliphatic rings. The van der Waals surface area contributed by atoms with Gasteiger partial charge in [0.05, 0.1) is 0 Å². The van der Waals surface area contributed by atoms with Gasteiger partial charge >= 0.3 is 0 Å². The van der Waals surface area contributed by atoms with E-state index in [0.29, 0.717) is 6.42 Å². The molecule has 1 heteroatoms. The van der Waals surface area contributed by atoms with Gasteiger partial charge in [0.25, 0.3) is 0 Å². The molecule has 14 heavy (non-hydrogen) atoms. The van der Waals surface area contributed by atoms with Crippen molar-refractivity contribution in [1.82, 2.24) is 0 Å². The first kappa shape index (κ1) is 10.7. The van der Waals surface area contributed by atoms with Gasteiger partial charge < -0.3 is 0 Å².